The molecule has 0 atom stereocenters. The summed E-state index contributed by atoms with van der Waals surface area (Å²) < 4.78 is 28.0. The standard InChI is InChI=1S/C20H24N2O3S/c1-15-7-5-11-18(13-15)21-20(23)16-8-6-12-19(14-16)26(24,25)22-17-9-3-2-4-10-17/h5-8,11-14,17,22H,2-4,9-10H2,1H3,(H,21,23). The molecule has 1 saturated carbocycles. The van der Waals surface area contributed by atoms with Crippen LogP contribution in [0.1, 0.15) is 48.0 Å². The lowest BCUT2D eigenvalue weighted by Gasteiger charge is -2.22. The average Bonchev–Trinajstić information content (AvgIpc) is 2.62. The first-order valence-electron chi connectivity index (χ1n) is 8.94. The molecule has 138 valence electrons. The number of rotatable bonds is 5. The topological polar surface area (TPSA) is 75.3 Å². The van der Waals surface area contributed by atoms with Crippen LogP contribution in [0.4, 0.5) is 5.69 Å². The molecule has 2 N–H and O–H groups in total. The Kier molecular flexibility index (Phi) is 5.74. The number of sulfonamides is 1. The highest BCUT2D eigenvalue weighted by Crippen LogP contribution is 2.21. The van der Waals surface area contributed by atoms with Gasteiger partial charge in [-0.2, -0.15) is 0 Å². The second kappa shape index (κ2) is 8.01. The van der Waals surface area contributed by atoms with E-state index in [4.69, 9.17) is 0 Å². The molecule has 0 bridgehead atoms. The summed E-state index contributed by atoms with van der Waals surface area (Å²) in [6, 6.07) is 13.6. The zero-order valence-electron chi connectivity index (χ0n) is 14.9. The highest BCUT2D eigenvalue weighted by Gasteiger charge is 2.22. The highest BCUT2D eigenvalue weighted by molar-refractivity contribution is 7.89. The van der Waals surface area contributed by atoms with Gasteiger partial charge in [0, 0.05) is 17.3 Å². The van der Waals surface area contributed by atoms with Gasteiger partial charge >= 0.3 is 0 Å². The second-order valence-electron chi connectivity index (χ2n) is 6.81. The minimum absolute atomic E-state index is 0.0153. The van der Waals surface area contributed by atoms with Crippen molar-refractivity contribution in [2.75, 3.05) is 5.32 Å². The predicted molar refractivity (Wildman–Crippen MR) is 103 cm³/mol. The van der Waals surface area contributed by atoms with Crippen LogP contribution in [-0.2, 0) is 10.0 Å². The minimum Gasteiger partial charge on any atom is -0.322 e. The minimum atomic E-state index is -3.63. The summed E-state index contributed by atoms with van der Waals surface area (Å²) in [6.07, 6.45) is 4.99. The van der Waals surface area contributed by atoms with Crippen molar-refractivity contribution in [2.24, 2.45) is 0 Å². The Bertz CT molecular complexity index is 887. The van der Waals surface area contributed by atoms with E-state index in [1.165, 1.54) is 12.1 Å². The van der Waals surface area contributed by atoms with Crippen molar-refractivity contribution in [1.82, 2.24) is 4.72 Å². The number of aryl methyl sites for hydroxylation is 1. The third kappa shape index (κ3) is 4.71. The maximum atomic E-state index is 12.6. The molecule has 2 aromatic carbocycles. The van der Waals surface area contributed by atoms with Gasteiger partial charge < -0.3 is 5.32 Å². The zero-order chi connectivity index (χ0) is 18.6. The van der Waals surface area contributed by atoms with E-state index < -0.39 is 10.0 Å². The van der Waals surface area contributed by atoms with Crippen molar-refractivity contribution >= 4 is 21.6 Å². The van der Waals surface area contributed by atoms with Crippen LogP contribution in [0.3, 0.4) is 0 Å². The Labute approximate surface area is 154 Å². The van der Waals surface area contributed by atoms with Crippen molar-refractivity contribution < 1.29 is 13.2 Å². The van der Waals surface area contributed by atoms with Crippen molar-refractivity contribution in [1.29, 1.82) is 0 Å². The molecule has 0 aromatic heterocycles. The van der Waals surface area contributed by atoms with Gasteiger partial charge in [-0.05, 0) is 55.7 Å². The quantitative estimate of drug-likeness (QED) is 0.837. The molecule has 1 aliphatic rings. The molecule has 0 unspecified atom stereocenters. The third-order valence-corrected chi connectivity index (χ3v) is 6.13. The lowest BCUT2D eigenvalue weighted by molar-refractivity contribution is 0.102. The summed E-state index contributed by atoms with van der Waals surface area (Å²) in [4.78, 5) is 12.6. The van der Waals surface area contributed by atoms with Gasteiger partial charge in [0.05, 0.1) is 4.90 Å². The molecule has 5 nitrogen and oxygen atoms in total. The molecular weight excluding hydrogens is 348 g/mol. The molecule has 0 aliphatic heterocycles. The molecule has 26 heavy (non-hydrogen) atoms. The van der Waals surface area contributed by atoms with Gasteiger partial charge in [-0.25, -0.2) is 13.1 Å². The maximum Gasteiger partial charge on any atom is 0.255 e. The van der Waals surface area contributed by atoms with Crippen molar-refractivity contribution in [3.8, 4) is 0 Å². The van der Waals surface area contributed by atoms with E-state index in [-0.39, 0.29) is 16.8 Å². The molecule has 0 radical (unpaired) electrons. The predicted octanol–water partition coefficient (Wildman–Crippen LogP) is 3.86. The first-order chi connectivity index (χ1) is 12.4. The molecule has 0 heterocycles. The van der Waals surface area contributed by atoms with Gasteiger partial charge in [-0.1, -0.05) is 37.5 Å². The van der Waals surface area contributed by atoms with Gasteiger partial charge in [0.25, 0.3) is 5.91 Å². The number of nitrogens with one attached hydrogen (secondary N) is 2. The fraction of sp³-hybridized carbons (Fsp3) is 0.350. The fourth-order valence-electron chi connectivity index (χ4n) is 3.24. The average molecular weight is 372 g/mol. The van der Waals surface area contributed by atoms with Gasteiger partial charge in [0.1, 0.15) is 0 Å². The lowest BCUT2D eigenvalue weighted by Crippen LogP contribution is -2.36. The van der Waals surface area contributed by atoms with E-state index in [9.17, 15) is 13.2 Å². The van der Waals surface area contributed by atoms with Crippen LogP contribution in [0.5, 0.6) is 0 Å². The largest absolute Gasteiger partial charge is 0.322 e. The molecule has 0 spiro atoms. The Balaban J connectivity index is 1.75. The van der Waals surface area contributed by atoms with E-state index >= 15 is 0 Å². The number of benzene rings is 2. The van der Waals surface area contributed by atoms with Crippen molar-refractivity contribution in [3.05, 3.63) is 59.7 Å². The van der Waals surface area contributed by atoms with Gasteiger partial charge in [-0.15, -0.1) is 0 Å². The monoisotopic (exact) mass is 372 g/mol. The Morgan fingerprint density at radius 1 is 1.00 bits per heavy atom. The number of carbonyl (C=O) groups excluding carboxylic acids is 1. The van der Waals surface area contributed by atoms with Crippen LogP contribution in [0.15, 0.2) is 53.4 Å². The Hall–Kier alpha value is -2.18. The van der Waals surface area contributed by atoms with Crippen LogP contribution in [0.2, 0.25) is 0 Å². The Morgan fingerprint density at radius 3 is 2.46 bits per heavy atom. The number of carbonyl (C=O) groups is 1. The smallest absolute Gasteiger partial charge is 0.255 e. The Morgan fingerprint density at radius 2 is 1.73 bits per heavy atom. The molecule has 6 heteroatoms. The summed E-state index contributed by atoms with van der Waals surface area (Å²) in [6.45, 7) is 1.94. The summed E-state index contributed by atoms with van der Waals surface area (Å²) in [5.41, 5.74) is 2.04. The van der Waals surface area contributed by atoms with E-state index in [1.54, 1.807) is 18.2 Å². The number of anilines is 1. The fourth-order valence-corrected chi connectivity index (χ4v) is 4.59. The molecule has 0 saturated heterocycles. The van der Waals surface area contributed by atoms with E-state index in [0.717, 1.165) is 37.7 Å². The molecule has 3 rings (SSSR count). The van der Waals surface area contributed by atoms with Crippen molar-refractivity contribution in [2.45, 2.75) is 50.0 Å². The maximum absolute atomic E-state index is 12.6. The molecule has 1 aliphatic carbocycles. The summed E-state index contributed by atoms with van der Waals surface area (Å²) in [5, 5.41) is 2.80. The zero-order valence-corrected chi connectivity index (χ0v) is 15.7. The summed E-state index contributed by atoms with van der Waals surface area (Å²) in [5.74, 6) is -0.328. The van der Waals surface area contributed by atoms with Crippen LogP contribution < -0.4 is 10.0 Å². The SMILES string of the molecule is Cc1cccc(NC(=O)c2cccc(S(=O)(=O)NC3CCCCC3)c2)c1. The van der Waals surface area contributed by atoms with E-state index in [0.29, 0.717) is 11.3 Å². The van der Waals surface area contributed by atoms with Crippen LogP contribution in [-0.4, -0.2) is 20.4 Å². The van der Waals surface area contributed by atoms with E-state index in [1.807, 2.05) is 25.1 Å². The summed E-state index contributed by atoms with van der Waals surface area (Å²) in [7, 11) is -3.63. The van der Waals surface area contributed by atoms with Gasteiger partial charge in [0.2, 0.25) is 10.0 Å². The lowest BCUT2D eigenvalue weighted by atomic mass is 9.96. The van der Waals surface area contributed by atoms with Gasteiger partial charge in [0.15, 0.2) is 0 Å². The van der Waals surface area contributed by atoms with Crippen LogP contribution in [0, 0.1) is 6.92 Å². The number of hydrogen-bond donors (Lipinski definition) is 2. The van der Waals surface area contributed by atoms with Crippen molar-refractivity contribution in [3.63, 3.8) is 0 Å². The molecule has 1 fully saturated rings. The third-order valence-electron chi connectivity index (χ3n) is 4.61. The normalized spacial score (nSPS) is 15.6. The molecular formula is C20H24N2O3S. The van der Waals surface area contributed by atoms with E-state index in [2.05, 4.69) is 10.0 Å². The van der Waals surface area contributed by atoms with Gasteiger partial charge in [-0.3, -0.25) is 4.79 Å². The molecule has 2 aromatic rings. The summed E-state index contributed by atoms with van der Waals surface area (Å²) >= 11 is 0. The molecule has 1 amide bonds. The van der Waals surface area contributed by atoms with Crippen LogP contribution in [0.25, 0.3) is 0 Å². The number of hydrogen-bond acceptors (Lipinski definition) is 3. The second-order valence-corrected chi connectivity index (χ2v) is 8.52. The first-order valence-corrected chi connectivity index (χ1v) is 10.4. The first kappa shape index (κ1) is 18.6. The highest BCUT2D eigenvalue weighted by atomic mass is 32.2. The van der Waals surface area contributed by atoms with Crippen LogP contribution >= 0.6 is 0 Å². The number of amides is 1.